The van der Waals surface area contributed by atoms with Gasteiger partial charge < -0.3 is 10.1 Å². The van der Waals surface area contributed by atoms with Crippen molar-refractivity contribution in [2.24, 2.45) is 0 Å². The molecule has 2 aromatic rings. The summed E-state index contributed by atoms with van der Waals surface area (Å²) in [5, 5.41) is 3.20. The van der Waals surface area contributed by atoms with E-state index in [4.69, 9.17) is 16.3 Å². The molecule has 27 heavy (non-hydrogen) atoms. The van der Waals surface area contributed by atoms with Gasteiger partial charge in [0.25, 0.3) is 0 Å². The molecule has 0 radical (unpaired) electrons. The first-order valence-corrected chi connectivity index (χ1v) is 10.7. The van der Waals surface area contributed by atoms with Crippen LogP contribution in [0, 0.1) is 0 Å². The van der Waals surface area contributed by atoms with Crippen LogP contribution in [0.3, 0.4) is 0 Å². The van der Waals surface area contributed by atoms with Crippen LogP contribution in [0.2, 0.25) is 5.02 Å². The molecular formula is C19H23ClN2O4S. The summed E-state index contributed by atoms with van der Waals surface area (Å²) in [6.07, 6.45) is 1.07. The molecule has 1 N–H and O–H groups in total. The minimum Gasteiger partial charge on any atom is -0.494 e. The summed E-state index contributed by atoms with van der Waals surface area (Å²) < 4.78 is 30.8. The molecule has 0 atom stereocenters. The van der Waals surface area contributed by atoms with Gasteiger partial charge in [-0.05, 0) is 24.6 Å². The predicted molar refractivity (Wildman–Crippen MR) is 106 cm³/mol. The number of carbonyl (C=O) groups excluding carboxylic acids is 1. The van der Waals surface area contributed by atoms with E-state index in [-0.39, 0.29) is 19.6 Å². The maximum Gasteiger partial charge on any atom is 0.235 e. The Morgan fingerprint density at radius 2 is 1.74 bits per heavy atom. The van der Waals surface area contributed by atoms with E-state index in [1.807, 2.05) is 31.2 Å². The van der Waals surface area contributed by atoms with E-state index in [9.17, 15) is 13.2 Å². The number of amides is 1. The average Bonchev–Trinajstić information content (AvgIpc) is 2.61. The molecular weight excluding hydrogens is 388 g/mol. The molecule has 0 spiro atoms. The molecule has 2 rings (SSSR count). The number of benzene rings is 2. The molecule has 0 aliphatic heterocycles. The van der Waals surface area contributed by atoms with Gasteiger partial charge in [-0.3, -0.25) is 4.79 Å². The maximum atomic E-state index is 12.3. The molecule has 0 heterocycles. The number of nitrogens with zero attached hydrogens (tertiary/aromatic N) is 1. The molecule has 8 heteroatoms. The third kappa shape index (κ3) is 6.53. The van der Waals surface area contributed by atoms with E-state index in [2.05, 4.69) is 5.32 Å². The smallest absolute Gasteiger partial charge is 0.235 e. The lowest BCUT2D eigenvalue weighted by Crippen LogP contribution is -2.39. The second-order valence-corrected chi connectivity index (χ2v) is 8.33. The molecule has 0 aliphatic rings. The second-order valence-electron chi connectivity index (χ2n) is 5.94. The molecule has 6 nitrogen and oxygen atoms in total. The molecule has 0 aromatic heterocycles. The van der Waals surface area contributed by atoms with Crippen LogP contribution in [0.1, 0.15) is 18.1 Å². The van der Waals surface area contributed by atoms with Crippen molar-refractivity contribution in [2.75, 3.05) is 19.4 Å². The summed E-state index contributed by atoms with van der Waals surface area (Å²) in [4.78, 5) is 12.3. The van der Waals surface area contributed by atoms with Crippen molar-refractivity contribution < 1.29 is 17.9 Å². The van der Waals surface area contributed by atoms with E-state index >= 15 is 0 Å². The van der Waals surface area contributed by atoms with E-state index in [1.165, 1.54) is 0 Å². The summed E-state index contributed by atoms with van der Waals surface area (Å²) in [7, 11) is -3.59. The zero-order valence-electron chi connectivity index (χ0n) is 15.3. The van der Waals surface area contributed by atoms with Crippen molar-refractivity contribution in [3.8, 4) is 5.75 Å². The molecule has 0 bridgehead atoms. The first kappa shape index (κ1) is 21.2. The highest BCUT2D eigenvalue weighted by Crippen LogP contribution is 2.19. The second kappa shape index (κ2) is 9.73. The third-order valence-electron chi connectivity index (χ3n) is 3.84. The van der Waals surface area contributed by atoms with Crippen LogP contribution in [0.15, 0.2) is 48.5 Å². The van der Waals surface area contributed by atoms with Crippen LogP contribution in [-0.4, -0.2) is 38.0 Å². The standard InChI is InChI=1S/C19H23ClN2O4S/c1-3-26-18-11-7-5-8-15(18)12-21-19(23)14-22(27(2,24)25)13-16-9-4-6-10-17(16)20/h4-11H,3,12-14H2,1-2H3,(H,21,23). The van der Waals surface area contributed by atoms with Gasteiger partial charge in [0.2, 0.25) is 15.9 Å². The molecule has 2 aromatic carbocycles. The molecule has 146 valence electrons. The summed E-state index contributed by atoms with van der Waals surface area (Å²) in [5.41, 5.74) is 1.46. The summed E-state index contributed by atoms with van der Waals surface area (Å²) in [6, 6.07) is 14.3. The van der Waals surface area contributed by atoms with Crippen molar-refractivity contribution in [1.82, 2.24) is 9.62 Å². The number of rotatable bonds is 9. The Morgan fingerprint density at radius 1 is 1.11 bits per heavy atom. The third-order valence-corrected chi connectivity index (χ3v) is 5.41. The fraction of sp³-hybridized carbons (Fsp3) is 0.316. The van der Waals surface area contributed by atoms with Crippen LogP contribution in [0.4, 0.5) is 0 Å². The number of hydrogen-bond donors (Lipinski definition) is 1. The minimum atomic E-state index is -3.59. The van der Waals surface area contributed by atoms with E-state index in [1.54, 1.807) is 24.3 Å². The zero-order chi connectivity index (χ0) is 19.9. The Hall–Kier alpha value is -2.09. The Kier molecular flexibility index (Phi) is 7.65. The molecule has 1 amide bonds. The Bertz CT molecular complexity index is 887. The highest BCUT2D eigenvalue weighted by atomic mass is 35.5. The van der Waals surface area contributed by atoms with Crippen LogP contribution in [0.25, 0.3) is 0 Å². The first-order chi connectivity index (χ1) is 12.8. The number of hydrogen-bond acceptors (Lipinski definition) is 4. The van der Waals surface area contributed by atoms with Gasteiger partial charge in [0.05, 0.1) is 19.4 Å². The number of halogens is 1. The van der Waals surface area contributed by atoms with Gasteiger partial charge in [0.1, 0.15) is 5.75 Å². The molecule has 0 unspecified atom stereocenters. The Balaban J connectivity index is 2.03. The van der Waals surface area contributed by atoms with Crippen molar-refractivity contribution in [3.63, 3.8) is 0 Å². The molecule has 0 saturated carbocycles. The largest absolute Gasteiger partial charge is 0.494 e. The fourth-order valence-corrected chi connectivity index (χ4v) is 3.38. The highest BCUT2D eigenvalue weighted by molar-refractivity contribution is 7.88. The Labute approximate surface area is 165 Å². The lowest BCUT2D eigenvalue weighted by atomic mass is 10.2. The van der Waals surface area contributed by atoms with Gasteiger partial charge in [0, 0.05) is 23.7 Å². The molecule has 0 saturated heterocycles. The zero-order valence-corrected chi connectivity index (χ0v) is 16.9. The first-order valence-electron chi connectivity index (χ1n) is 8.47. The van der Waals surface area contributed by atoms with Crippen LogP contribution in [0.5, 0.6) is 5.75 Å². The Morgan fingerprint density at radius 3 is 2.37 bits per heavy atom. The van der Waals surface area contributed by atoms with Crippen LogP contribution >= 0.6 is 11.6 Å². The lowest BCUT2D eigenvalue weighted by molar-refractivity contribution is -0.121. The van der Waals surface area contributed by atoms with E-state index in [0.717, 1.165) is 16.1 Å². The van der Waals surface area contributed by atoms with Gasteiger partial charge in [-0.25, -0.2) is 8.42 Å². The van der Waals surface area contributed by atoms with Crippen LogP contribution in [-0.2, 0) is 27.9 Å². The van der Waals surface area contributed by atoms with E-state index < -0.39 is 15.9 Å². The van der Waals surface area contributed by atoms with Gasteiger partial charge in [0.15, 0.2) is 0 Å². The van der Waals surface area contributed by atoms with Crippen molar-refractivity contribution in [2.45, 2.75) is 20.0 Å². The lowest BCUT2D eigenvalue weighted by Gasteiger charge is -2.20. The van der Waals surface area contributed by atoms with Crippen LogP contribution < -0.4 is 10.1 Å². The van der Waals surface area contributed by atoms with Gasteiger partial charge in [-0.2, -0.15) is 4.31 Å². The summed E-state index contributed by atoms with van der Waals surface area (Å²) in [5.74, 6) is 0.287. The van der Waals surface area contributed by atoms with Gasteiger partial charge in [-0.1, -0.05) is 48.0 Å². The average molecular weight is 411 g/mol. The topological polar surface area (TPSA) is 75.7 Å². The maximum absolute atomic E-state index is 12.3. The SMILES string of the molecule is CCOc1ccccc1CNC(=O)CN(Cc1ccccc1Cl)S(C)(=O)=O. The predicted octanol–water partition coefficient (Wildman–Crippen LogP) is 2.82. The highest BCUT2D eigenvalue weighted by Gasteiger charge is 2.21. The van der Waals surface area contributed by atoms with Crippen molar-refractivity contribution in [3.05, 3.63) is 64.7 Å². The van der Waals surface area contributed by atoms with Crippen molar-refractivity contribution >= 4 is 27.5 Å². The summed E-state index contributed by atoms with van der Waals surface area (Å²) in [6.45, 7) is 2.39. The normalized spacial score (nSPS) is 11.4. The molecule has 0 aliphatic carbocycles. The number of nitrogens with one attached hydrogen (secondary N) is 1. The number of ether oxygens (including phenoxy) is 1. The van der Waals surface area contributed by atoms with Gasteiger partial charge >= 0.3 is 0 Å². The number of carbonyl (C=O) groups is 1. The molecule has 0 fully saturated rings. The fourth-order valence-electron chi connectivity index (χ4n) is 2.46. The quantitative estimate of drug-likeness (QED) is 0.689. The monoisotopic (exact) mass is 410 g/mol. The number of para-hydroxylation sites is 1. The van der Waals surface area contributed by atoms with Gasteiger partial charge in [-0.15, -0.1) is 0 Å². The van der Waals surface area contributed by atoms with Crippen molar-refractivity contribution in [1.29, 1.82) is 0 Å². The van der Waals surface area contributed by atoms with E-state index in [0.29, 0.717) is 22.9 Å². The minimum absolute atomic E-state index is 0.0292. The summed E-state index contributed by atoms with van der Waals surface area (Å²) >= 11 is 6.11. The number of sulfonamides is 1.